The van der Waals surface area contributed by atoms with E-state index < -0.39 is 0 Å². The fraction of sp³-hybridized carbons (Fsp3) is 0.528. The summed E-state index contributed by atoms with van der Waals surface area (Å²) >= 11 is 0. The van der Waals surface area contributed by atoms with Gasteiger partial charge in [0.25, 0.3) is 0 Å². The third kappa shape index (κ3) is 7.90. The lowest BCUT2D eigenvalue weighted by molar-refractivity contribution is -0.136. The number of benzene rings is 2. The molecule has 42 heavy (non-hydrogen) atoms. The molecule has 4 aromatic rings. The molecular weight excluding hydrogens is 518 g/mol. The number of imidazole rings is 1. The van der Waals surface area contributed by atoms with E-state index in [9.17, 15) is 4.79 Å². The monoisotopic (exact) mass is 569 g/mol. The van der Waals surface area contributed by atoms with E-state index in [1.165, 1.54) is 37.7 Å². The van der Waals surface area contributed by atoms with Gasteiger partial charge in [-0.05, 0) is 50.8 Å². The van der Waals surface area contributed by atoms with Crippen LogP contribution in [0.15, 0.2) is 48.5 Å². The third-order valence-electron chi connectivity index (χ3n) is 8.25. The number of anilines is 1. The molecule has 0 saturated carbocycles. The number of rotatable bonds is 15. The largest absolute Gasteiger partial charge is 0.382 e. The Kier molecular flexibility index (Phi) is 11.0. The Morgan fingerprint density at radius 1 is 0.833 bits per heavy atom. The van der Waals surface area contributed by atoms with Crippen LogP contribution >= 0.6 is 0 Å². The van der Waals surface area contributed by atoms with Gasteiger partial charge in [-0.25, -0.2) is 9.97 Å². The number of carbonyl (C=O) groups excluding carboxylic acids is 1. The summed E-state index contributed by atoms with van der Waals surface area (Å²) in [5.74, 6) is 1.79. The first kappa shape index (κ1) is 31.5. The lowest BCUT2D eigenvalue weighted by Crippen LogP contribution is -2.45. The zero-order valence-corrected chi connectivity index (χ0v) is 26.6. The molecule has 6 nitrogen and oxygen atoms in total. The smallest absolute Gasteiger partial charge is 0.223 e. The van der Waals surface area contributed by atoms with Crippen LogP contribution in [0.3, 0.4) is 0 Å². The van der Waals surface area contributed by atoms with Gasteiger partial charge >= 0.3 is 0 Å². The van der Waals surface area contributed by atoms with Gasteiger partial charge in [0.15, 0.2) is 5.82 Å². The van der Waals surface area contributed by atoms with Gasteiger partial charge in [-0.15, -0.1) is 0 Å². The number of amides is 1. The van der Waals surface area contributed by atoms with Crippen LogP contribution in [0.1, 0.15) is 116 Å². The predicted molar refractivity (Wildman–Crippen MR) is 177 cm³/mol. The molecule has 2 N–H and O–H groups in total. The van der Waals surface area contributed by atoms with Crippen LogP contribution in [0, 0.1) is 0 Å². The molecular formula is C36H51N5O. The first-order valence-corrected chi connectivity index (χ1v) is 16.1. The highest BCUT2D eigenvalue weighted by Gasteiger charge is 2.26. The van der Waals surface area contributed by atoms with Gasteiger partial charge in [0.2, 0.25) is 5.91 Å². The number of carbonyl (C=O) groups is 1. The minimum absolute atomic E-state index is 0.226. The summed E-state index contributed by atoms with van der Waals surface area (Å²) in [5, 5.41) is 1.08. The van der Waals surface area contributed by atoms with E-state index in [-0.39, 0.29) is 11.4 Å². The van der Waals surface area contributed by atoms with E-state index in [1.54, 1.807) is 0 Å². The molecule has 0 aliphatic carbocycles. The number of nitrogens with two attached hydrogens (primary N) is 1. The number of hydrogen-bond donors (Lipinski definition) is 1. The van der Waals surface area contributed by atoms with Gasteiger partial charge in [-0.3, -0.25) is 4.79 Å². The molecule has 0 saturated heterocycles. The number of nitrogens with zero attached hydrogens (tertiary/aromatic N) is 4. The second kappa shape index (κ2) is 14.7. The summed E-state index contributed by atoms with van der Waals surface area (Å²) < 4.78 is 2.33. The van der Waals surface area contributed by atoms with Crippen LogP contribution < -0.4 is 5.73 Å². The van der Waals surface area contributed by atoms with Gasteiger partial charge in [-0.1, -0.05) is 101 Å². The Bertz CT molecular complexity index is 1450. The normalized spacial score (nSPS) is 11.9. The van der Waals surface area contributed by atoms with Crippen LogP contribution in [0.25, 0.3) is 21.9 Å². The van der Waals surface area contributed by atoms with E-state index in [2.05, 4.69) is 74.5 Å². The number of nitrogen functional groups attached to an aromatic ring is 1. The van der Waals surface area contributed by atoms with E-state index in [4.69, 9.17) is 10.7 Å². The highest BCUT2D eigenvalue weighted by atomic mass is 16.2. The zero-order valence-electron chi connectivity index (χ0n) is 26.6. The molecule has 6 heteroatoms. The Labute approximate surface area is 252 Å². The Balaban J connectivity index is 1.50. The van der Waals surface area contributed by atoms with Crippen molar-refractivity contribution < 1.29 is 4.79 Å². The molecule has 0 radical (unpaired) electrons. The number of pyridine rings is 1. The SMILES string of the molecule is CCCCCCCCCC(=O)N(Cc1ccc(Cn2c(CCCC)nc3c(N)nc4ccccc4c32)cc1)C(C)(C)C. The molecule has 2 aromatic heterocycles. The fourth-order valence-corrected chi connectivity index (χ4v) is 5.78. The van der Waals surface area contributed by atoms with E-state index >= 15 is 0 Å². The van der Waals surface area contributed by atoms with E-state index in [0.29, 0.717) is 25.3 Å². The van der Waals surface area contributed by atoms with Crippen molar-refractivity contribution in [2.75, 3.05) is 5.73 Å². The minimum atomic E-state index is -0.226. The van der Waals surface area contributed by atoms with E-state index in [1.807, 2.05) is 23.1 Å². The van der Waals surface area contributed by atoms with Gasteiger partial charge < -0.3 is 15.2 Å². The van der Waals surface area contributed by atoms with Crippen molar-refractivity contribution in [2.24, 2.45) is 0 Å². The second-order valence-corrected chi connectivity index (χ2v) is 12.8. The number of fused-ring (bicyclic) bond motifs is 3. The summed E-state index contributed by atoms with van der Waals surface area (Å²) in [4.78, 5) is 24.9. The maximum absolute atomic E-state index is 13.3. The predicted octanol–water partition coefficient (Wildman–Crippen LogP) is 8.83. The lowest BCUT2D eigenvalue weighted by atomic mass is 10.0. The quantitative estimate of drug-likeness (QED) is 0.145. The molecule has 0 aliphatic rings. The standard InChI is InChI=1S/C36H51N5O/c1-6-8-10-11-12-13-14-20-32(42)41(36(3,4)5)26-28-23-21-27(22-24-28)25-40-31(19-9-7-2)39-33-34(40)29-17-15-16-18-30(29)38-35(33)37/h15-18,21-24H,6-14,19-20,25-26H2,1-5H3,(H2,37,38). The molecule has 0 aliphatic heterocycles. The molecule has 2 heterocycles. The summed E-state index contributed by atoms with van der Waals surface area (Å²) in [6.45, 7) is 12.2. The van der Waals surface area contributed by atoms with Gasteiger partial charge in [-0.2, -0.15) is 0 Å². The van der Waals surface area contributed by atoms with Crippen molar-refractivity contribution in [3.63, 3.8) is 0 Å². The van der Waals surface area contributed by atoms with Crippen LogP contribution in [-0.4, -0.2) is 30.9 Å². The molecule has 2 aromatic carbocycles. The average molecular weight is 570 g/mol. The minimum Gasteiger partial charge on any atom is -0.382 e. The number of hydrogen-bond acceptors (Lipinski definition) is 4. The molecule has 0 spiro atoms. The van der Waals surface area contributed by atoms with Crippen LogP contribution in [0.2, 0.25) is 0 Å². The van der Waals surface area contributed by atoms with Gasteiger partial charge in [0.05, 0.1) is 11.0 Å². The molecule has 0 unspecified atom stereocenters. The highest BCUT2D eigenvalue weighted by Crippen LogP contribution is 2.30. The number of unbranched alkanes of at least 4 members (excludes halogenated alkanes) is 7. The molecule has 226 valence electrons. The average Bonchev–Trinajstić information content (AvgIpc) is 3.33. The van der Waals surface area contributed by atoms with Crippen LogP contribution in [-0.2, 0) is 24.3 Å². The molecule has 1 amide bonds. The third-order valence-corrected chi connectivity index (χ3v) is 8.25. The summed E-state index contributed by atoms with van der Waals surface area (Å²) in [5.41, 5.74) is 11.3. The molecule has 0 atom stereocenters. The first-order valence-electron chi connectivity index (χ1n) is 16.1. The van der Waals surface area contributed by atoms with Crippen LogP contribution in [0.4, 0.5) is 5.82 Å². The van der Waals surface area contributed by atoms with Crippen molar-refractivity contribution in [2.45, 2.75) is 124 Å². The van der Waals surface area contributed by atoms with Crippen LogP contribution in [0.5, 0.6) is 0 Å². The second-order valence-electron chi connectivity index (χ2n) is 12.8. The van der Waals surface area contributed by atoms with Crippen molar-refractivity contribution in [1.29, 1.82) is 0 Å². The van der Waals surface area contributed by atoms with E-state index in [0.717, 1.165) is 65.4 Å². The number of para-hydroxylation sites is 1. The Morgan fingerprint density at radius 2 is 1.48 bits per heavy atom. The maximum Gasteiger partial charge on any atom is 0.223 e. The number of aromatic nitrogens is 3. The Morgan fingerprint density at radius 3 is 2.17 bits per heavy atom. The molecule has 4 rings (SSSR count). The first-order chi connectivity index (χ1) is 20.2. The molecule has 0 bridgehead atoms. The van der Waals surface area contributed by atoms with Gasteiger partial charge in [0, 0.05) is 36.9 Å². The van der Waals surface area contributed by atoms with Crippen molar-refractivity contribution in [3.05, 3.63) is 65.5 Å². The molecule has 0 fully saturated rings. The van der Waals surface area contributed by atoms with Crippen molar-refractivity contribution in [1.82, 2.24) is 19.4 Å². The zero-order chi connectivity index (χ0) is 30.1. The maximum atomic E-state index is 13.3. The summed E-state index contributed by atoms with van der Waals surface area (Å²) in [6, 6.07) is 16.9. The Hall–Kier alpha value is -3.41. The van der Waals surface area contributed by atoms with Crippen molar-refractivity contribution in [3.8, 4) is 0 Å². The lowest BCUT2D eigenvalue weighted by Gasteiger charge is -2.36. The van der Waals surface area contributed by atoms with Gasteiger partial charge in [0.1, 0.15) is 11.3 Å². The highest BCUT2D eigenvalue weighted by molar-refractivity contribution is 6.06. The topological polar surface area (TPSA) is 77.0 Å². The number of aryl methyl sites for hydroxylation is 1. The fourth-order valence-electron chi connectivity index (χ4n) is 5.78. The summed E-state index contributed by atoms with van der Waals surface area (Å²) in [6.07, 6.45) is 12.2. The van der Waals surface area contributed by atoms with Crippen molar-refractivity contribution >= 4 is 33.7 Å². The summed E-state index contributed by atoms with van der Waals surface area (Å²) in [7, 11) is 0.